The molecule has 1 aromatic heterocycles. The van der Waals surface area contributed by atoms with E-state index in [1.54, 1.807) is 0 Å². The number of anilines is 1. The smallest absolute Gasteiger partial charge is 0.138 e. The molecule has 0 radical (unpaired) electrons. The standard InChI is InChI=1S/C14H23N3S/c1-3-5-10-17(11-6-4-2)14-12(13(15)18)8-7-9-16-14/h7-9H,3-6,10-11H2,1-2H3,(H2,15,18). The van der Waals surface area contributed by atoms with Crippen molar-refractivity contribution in [2.24, 2.45) is 5.73 Å². The lowest BCUT2D eigenvalue weighted by molar-refractivity contribution is 0.671. The second-order valence-corrected chi connectivity index (χ2v) is 4.87. The minimum absolute atomic E-state index is 0.427. The Balaban J connectivity index is 2.92. The molecule has 0 bridgehead atoms. The first-order valence-electron chi connectivity index (χ1n) is 6.70. The van der Waals surface area contributed by atoms with Crippen molar-refractivity contribution in [1.82, 2.24) is 4.98 Å². The quantitative estimate of drug-likeness (QED) is 0.733. The van der Waals surface area contributed by atoms with Crippen LogP contribution in [0.2, 0.25) is 0 Å². The Bertz CT molecular complexity index is 371. The number of aromatic nitrogens is 1. The molecular formula is C14H23N3S. The summed E-state index contributed by atoms with van der Waals surface area (Å²) in [6, 6.07) is 3.84. The first kappa shape index (κ1) is 14.9. The van der Waals surface area contributed by atoms with Gasteiger partial charge in [0.05, 0.1) is 5.56 Å². The maximum atomic E-state index is 5.77. The number of unbranched alkanes of at least 4 members (excludes halogenated alkanes) is 2. The fourth-order valence-electron chi connectivity index (χ4n) is 1.86. The molecule has 3 nitrogen and oxygen atoms in total. The number of thiocarbonyl (C=S) groups is 1. The Hall–Kier alpha value is -1.16. The van der Waals surface area contributed by atoms with Gasteiger partial charge in [0.25, 0.3) is 0 Å². The summed E-state index contributed by atoms with van der Waals surface area (Å²) in [7, 11) is 0. The fourth-order valence-corrected chi connectivity index (χ4v) is 2.02. The van der Waals surface area contributed by atoms with Gasteiger partial charge in [-0.3, -0.25) is 0 Å². The molecule has 100 valence electrons. The largest absolute Gasteiger partial charge is 0.389 e. The monoisotopic (exact) mass is 265 g/mol. The van der Waals surface area contributed by atoms with Crippen LogP contribution in [0.4, 0.5) is 5.82 Å². The van der Waals surface area contributed by atoms with E-state index >= 15 is 0 Å². The molecule has 0 unspecified atom stereocenters. The summed E-state index contributed by atoms with van der Waals surface area (Å²) < 4.78 is 0. The first-order valence-corrected chi connectivity index (χ1v) is 7.11. The molecule has 0 aromatic carbocycles. The second-order valence-electron chi connectivity index (χ2n) is 4.43. The van der Waals surface area contributed by atoms with E-state index in [4.69, 9.17) is 18.0 Å². The van der Waals surface area contributed by atoms with Crippen LogP contribution in [0.3, 0.4) is 0 Å². The van der Waals surface area contributed by atoms with Gasteiger partial charge < -0.3 is 10.6 Å². The fraction of sp³-hybridized carbons (Fsp3) is 0.571. The summed E-state index contributed by atoms with van der Waals surface area (Å²) in [6.07, 6.45) is 6.49. The van der Waals surface area contributed by atoms with Crippen LogP contribution in [0, 0.1) is 0 Å². The number of rotatable bonds is 8. The molecule has 4 heteroatoms. The van der Waals surface area contributed by atoms with Gasteiger partial charge in [0, 0.05) is 19.3 Å². The molecule has 2 N–H and O–H groups in total. The minimum Gasteiger partial charge on any atom is -0.389 e. The molecule has 0 spiro atoms. The first-order chi connectivity index (χ1) is 8.70. The zero-order valence-corrected chi connectivity index (χ0v) is 12.2. The van der Waals surface area contributed by atoms with Crippen molar-refractivity contribution in [3.63, 3.8) is 0 Å². The zero-order valence-electron chi connectivity index (χ0n) is 11.4. The van der Waals surface area contributed by atoms with Crippen LogP contribution in [0.5, 0.6) is 0 Å². The molecule has 0 aliphatic carbocycles. The van der Waals surface area contributed by atoms with Gasteiger partial charge in [-0.2, -0.15) is 0 Å². The second kappa shape index (κ2) is 8.03. The van der Waals surface area contributed by atoms with Crippen molar-refractivity contribution in [2.45, 2.75) is 39.5 Å². The van der Waals surface area contributed by atoms with Gasteiger partial charge >= 0.3 is 0 Å². The maximum Gasteiger partial charge on any atom is 0.138 e. The van der Waals surface area contributed by atoms with Crippen LogP contribution in [0.15, 0.2) is 18.3 Å². The summed E-state index contributed by atoms with van der Waals surface area (Å²) in [5.74, 6) is 0.937. The van der Waals surface area contributed by atoms with E-state index in [-0.39, 0.29) is 0 Å². The Kier molecular flexibility index (Phi) is 6.65. The molecule has 1 rings (SSSR count). The van der Waals surface area contributed by atoms with Gasteiger partial charge in [-0.05, 0) is 25.0 Å². The minimum atomic E-state index is 0.427. The summed E-state index contributed by atoms with van der Waals surface area (Å²) >= 11 is 5.10. The highest BCUT2D eigenvalue weighted by molar-refractivity contribution is 7.80. The van der Waals surface area contributed by atoms with E-state index in [9.17, 15) is 0 Å². The molecule has 1 aromatic rings. The van der Waals surface area contributed by atoms with Crippen molar-refractivity contribution in [3.05, 3.63) is 23.9 Å². The average Bonchev–Trinajstić information content (AvgIpc) is 2.39. The molecule has 0 fully saturated rings. The van der Waals surface area contributed by atoms with Gasteiger partial charge in [0.1, 0.15) is 10.8 Å². The predicted octanol–water partition coefficient (Wildman–Crippen LogP) is 3.12. The van der Waals surface area contributed by atoms with Crippen LogP contribution in [-0.4, -0.2) is 23.1 Å². The number of hydrogen-bond donors (Lipinski definition) is 1. The summed E-state index contributed by atoms with van der Waals surface area (Å²) in [5.41, 5.74) is 6.66. The third kappa shape index (κ3) is 4.26. The molecule has 0 atom stereocenters. The van der Waals surface area contributed by atoms with E-state index in [2.05, 4.69) is 23.7 Å². The third-order valence-corrected chi connectivity index (χ3v) is 3.13. The summed E-state index contributed by atoms with van der Waals surface area (Å²) in [6.45, 7) is 6.43. The van der Waals surface area contributed by atoms with Crippen LogP contribution >= 0.6 is 12.2 Å². The number of nitrogens with two attached hydrogens (primary N) is 1. The van der Waals surface area contributed by atoms with Gasteiger partial charge in [-0.15, -0.1) is 0 Å². The van der Waals surface area contributed by atoms with Crippen LogP contribution in [-0.2, 0) is 0 Å². The van der Waals surface area contributed by atoms with E-state index in [0.717, 1.165) is 37.3 Å². The molecule has 18 heavy (non-hydrogen) atoms. The van der Waals surface area contributed by atoms with Crippen molar-refractivity contribution in [2.75, 3.05) is 18.0 Å². The highest BCUT2D eigenvalue weighted by atomic mass is 32.1. The lowest BCUT2D eigenvalue weighted by Gasteiger charge is -2.25. The average molecular weight is 265 g/mol. The summed E-state index contributed by atoms with van der Waals surface area (Å²) in [4.78, 5) is 7.20. The lowest BCUT2D eigenvalue weighted by Crippen LogP contribution is -2.29. The predicted molar refractivity (Wildman–Crippen MR) is 82.2 cm³/mol. The van der Waals surface area contributed by atoms with E-state index in [1.165, 1.54) is 12.8 Å². The molecule has 0 saturated heterocycles. The molecule has 0 aliphatic heterocycles. The molecular weight excluding hydrogens is 242 g/mol. The van der Waals surface area contributed by atoms with Crippen molar-refractivity contribution < 1.29 is 0 Å². The highest BCUT2D eigenvalue weighted by Crippen LogP contribution is 2.18. The molecule has 0 amide bonds. The summed E-state index contributed by atoms with van der Waals surface area (Å²) in [5, 5.41) is 0. The van der Waals surface area contributed by atoms with Gasteiger partial charge in [-0.1, -0.05) is 38.9 Å². The van der Waals surface area contributed by atoms with Crippen molar-refractivity contribution in [1.29, 1.82) is 0 Å². The zero-order chi connectivity index (χ0) is 13.4. The third-order valence-electron chi connectivity index (χ3n) is 2.91. The Morgan fingerprint density at radius 2 is 1.89 bits per heavy atom. The van der Waals surface area contributed by atoms with E-state index in [1.807, 2.05) is 18.3 Å². The lowest BCUT2D eigenvalue weighted by atomic mass is 10.2. The van der Waals surface area contributed by atoms with Crippen LogP contribution in [0.25, 0.3) is 0 Å². The SMILES string of the molecule is CCCCN(CCCC)c1ncccc1C(N)=S. The van der Waals surface area contributed by atoms with Crippen LogP contribution in [0.1, 0.15) is 45.1 Å². The van der Waals surface area contributed by atoms with Crippen molar-refractivity contribution in [3.8, 4) is 0 Å². The number of hydrogen-bond acceptors (Lipinski definition) is 3. The maximum absolute atomic E-state index is 5.77. The van der Waals surface area contributed by atoms with Gasteiger partial charge in [0.2, 0.25) is 0 Å². The Morgan fingerprint density at radius 1 is 1.28 bits per heavy atom. The van der Waals surface area contributed by atoms with Crippen LogP contribution < -0.4 is 10.6 Å². The Labute approximate surface area is 115 Å². The topological polar surface area (TPSA) is 42.2 Å². The van der Waals surface area contributed by atoms with E-state index < -0.39 is 0 Å². The normalized spacial score (nSPS) is 10.3. The molecule has 0 aliphatic rings. The number of nitrogens with zero attached hydrogens (tertiary/aromatic N) is 2. The highest BCUT2D eigenvalue weighted by Gasteiger charge is 2.13. The molecule has 1 heterocycles. The Morgan fingerprint density at radius 3 is 2.39 bits per heavy atom. The number of pyridine rings is 1. The van der Waals surface area contributed by atoms with E-state index in [0.29, 0.717) is 4.99 Å². The molecule has 0 saturated carbocycles. The van der Waals surface area contributed by atoms with Gasteiger partial charge in [-0.25, -0.2) is 4.98 Å². The van der Waals surface area contributed by atoms with Gasteiger partial charge in [0.15, 0.2) is 0 Å². The van der Waals surface area contributed by atoms with Crippen molar-refractivity contribution >= 4 is 23.0 Å².